The third kappa shape index (κ3) is 5.62. The topological polar surface area (TPSA) is 125 Å². The number of benzene rings is 1. The van der Waals surface area contributed by atoms with Gasteiger partial charge in [-0.1, -0.05) is 28.1 Å². The number of hydrogen-bond acceptors (Lipinski definition) is 6. The first kappa shape index (κ1) is 25.1. The SMILES string of the molecule is NC1CCC(NC(=O)C2N(C(=O)Nc3cccc(Br)c3)CCCN2S(=O)(=O)c2cccs2)CC1. The molecule has 1 saturated heterocycles. The largest absolute Gasteiger partial charge is 0.350 e. The summed E-state index contributed by atoms with van der Waals surface area (Å²) >= 11 is 4.46. The molecule has 1 atom stereocenters. The Hall–Kier alpha value is -1.99. The summed E-state index contributed by atoms with van der Waals surface area (Å²) in [5.74, 6) is -0.496. The zero-order chi connectivity index (χ0) is 24.3. The van der Waals surface area contributed by atoms with Crippen molar-refractivity contribution in [1.29, 1.82) is 0 Å². The summed E-state index contributed by atoms with van der Waals surface area (Å²) < 4.78 is 29.0. The summed E-state index contributed by atoms with van der Waals surface area (Å²) in [6.45, 7) is 0.401. The monoisotopic (exact) mass is 569 g/mol. The quantitative estimate of drug-likeness (QED) is 0.510. The van der Waals surface area contributed by atoms with Crippen molar-refractivity contribution < 1.29 is 18.0 Å². The Labute approximate surface area is 211 Å². The zero-order valence-electron chi connectivity index (χ0n) is 18.5. The van der Waals surface area contributed by atoms with E-state index in [-0.39, 0.29) is 29.4 Å². The van der Waals surface area contributed by atoms with Gasteiger partial charge in [-0.3, -0.25) is 9.69 Å². The molecule has 9 nitrogen and oxygen atoms in total. The molecule has 1 aromatic heterocycles. The van der Waals surface area contributed by atoms with Crippen LogP contribution in [0.4, 0.5) is 10.5 Å². The van der Waals surface area contributed by atoms with Crippen LogP contribution in [0.3, 0.4) is 0 Å². The van der Waals surface area contributed by atoms with Gasteiger partial charge in [-0.2, -0.15) is 4.31 Å². The fraction of sp³-hybridized carbons (Fsp3) is 0.455. The third-order valence-electron chi connectivity index (χ3n) is 6.09. The molecule has 2 aliphatic rings. The Morgan fingerprint density at radius 2 is 1.85 bits per heavy atom. The Morgan fingerprint density at radius 1 is 1.09 bits per heavy atom. The summed E-state index contributed by atoms with van der Waals surface area (Å²) in [5, 5.41) is 7.46. The van der Waals surface area contributed by atoms with Gasteiger partial charge in [-0.25, -0.2) is 13.2 Å². The number of rotatable bonds is 5. The highest BCUT2D eigenvalue weighted by Crippen LogP contribution is 2.28. The minimum Gasteiger partial charge on any atom is -0.350 e. The molecule has 0 spiro atoms. The normalized spacial score (nSPS) is 23.9. The summed E-state index contributed by atoms with van der Waals surface area (Å²) in [6.07, 6.45) is 2.16. The van der Waals surface area contributed by atoms with Crippen molar-refractivity contribution >= 4 is 54.9 Å². The fourth-order valence-electron chi connectivity index (χ4n) is 4.36. The number of urea groups is 1. The molecule has 1 aromatic carbocycles. The Kier molecular flexibility index (Phi) is 7.93. The minimum atomic E-state index is -3.97. The summed E-state index contributed by atoms with van der Waals surface area (Å²) in [6, 6.07) is 9.73. The number of nitrogens with zero attached hydrogens (tertiary/aromatic N) is 2. The van der Waals surface area contributed by atoms with Gasteiger partial charge in [0.25, 0.3) is 15.9 Å². The first-order chi connectivity index (χ1) is 16.3. The van der Waals surface area contributed by atoms with Crippen LogP contribution in [-0.2, 0) is 14.8 Å². The van der Waals surface area contributed by atoms with E-state index in [0.717, 1.165) is 45.8 Å². The average molecular weight is 571 g/mol. The second-order valence-corrected chi connectivity index (χ2v) is 12.5. The molecule has 2 fully saturated rings. The van der Waals surface area contributed by atoms with Crippen LogP contribution in [0.15, 0.2) is 50.5 Å². The fourth-order valence-corrected chi connectivity index (χ4v) is 7.47. The van der Waals surface area contributed by atoms with E-state index in [1.807, 2.05) is 6.07 Å². The van der Waals surface area contributed by atoms with E-state index < -0.39 is 28.1 Å². The lowest BCUT2D eigenvalue weighted by molar-refractivity contribution is -0.131. The number of carbonyl (C=O) groups excluding carboxylic acids is 2. The first-order valence-electron chi connectivity index (χ1n) is 11.2. The highest BCUT2D eigenvalue weighted by atomic mass is 79.9. The second kappa shape index (κ2) is 10.7. The Balaban J connectivity index is 1.61. The maximum Gasteiger partial charge on any atom is 0.323 e. The predicted molar refractivity (Wildman–Crippen MR) is 135 cm³/mol. The lowest BCUT2D eigenvalue weighted by Gasteiger charge is -2.42. The summed E-state index contributed by atoms with van der Waals surface area (Å²) in [5.41, 5.74) is 6.53. The zero-order valence-corrected chi connectivity index (χ0v) is 21.7. The molecule has 184 valence electrons. The molecule has 4 N–H and O–H groups in total. The van der Waals surface area contributed by atoms with Crippen molar-refractivity contribution in [1.82, 2.24) is 14.5 Å². The molecule has 34 heavy (non-hydrogen) atoms. The number of hydrogen-bond donors (Lipinski definition) is 3. The van der Waals surface area contributed by atoms with Crippen LogP contribution >= 0.6 is 27.3 Å². The summed E-state index contributed by atoms with van der Waals surface area (Å²) in [4.78, 5) is 28.1. The maximum atomic E-state index is 13.5. The second-order valence-electron chi connectivity index (χ2n) is 8.53. The van der Waals surface area contributed by atoms with Gasteiger partial charge < -0.3 is 16.4 Å². The van der Waals surface area contributed by atoms with Gasteiger partial charge in [-0.15, -0.1) is 11.3 Å². The molecule has 4 rings (SSSR count). The predicted octanol–water partition coefficient (Wildman–Crippen LogP) is 3.15. The lowest BCUT2D eigenvalue weighted by atomic mass is 9.92. The molecule has 3 amide bonds. The van der Waals surface area contributed by atoms with Gasteiger partial charge in [0.15, 0.2) is 6.17 Å². The van der Waals surface area contributed by atoms with Gasteiger partial charge in [0, 0.05) is 35.3 Å². The number of nitrogens with one attached hydrogen (secondary N) is 2. The number of halogens is 1. The van der Waals surface area contributed by atoms with Crippen LogP contribution in [-0.4, -0.2) is 60.9 Å². The van der Waals surface area contributed by atoms with Crippen LogP contribution in [0.5, 0.6) is 0 Å². The number of anilines is 1. The van der Waals surface area contributed by atoms with E-state index in [1.165, 1.54) is 11.0 Å². The van der Waals surface area contributed by atoms with E-state index >= 15 is 0 Å². The van der Waals surface area contributed by atoms with Gasteiger partial charge in [-0.05, 0) is 61.7 Å². The molecule has 12 heteroatoms. The van der Waals surface area contributed by atoms with Crippen molar-refractivity contribution in [3.63, 3.8) is 0 Å². The minimum absolute atomic E-state index is 0.101. The van der Waals surface area contributed by atoms with Crippen molar-refractivity contribution in [3.8, 4) is 0 Å². The van der Waals surface area contributed by atoms with Crippen LogP contribution in [0, 0.1) is 0 Å². The van der Waals surface area contributed by atoms with Crippen molar-refractivity contribution in [2.24, 2.45) is 5.73 Å². The average Bonchev–Trinajstić information content (AvgIpc) is 3.36. The maximum absolute atomic E-state index is 13.5. The molecule has 1 aliphatic heterocycles. The molecule has 0 bridgehead atoms. The standard InChI is InChI=1S/C22H28BrN5O4S2/c23-15-4-1-5-18(14-15)26-22(30)27-11-3-12-28(34(31,32)19-6-2-13-33-19)21(27)20(29)25-17-9-7-16(24)8-10-17/h1-2,4-6,13-14,16-17,21H,3,7-12,24H2,(H,25,29)(H,26,30). The Morgan fingerprint density at radius 3 is 2.53 bits per heavy atom. The van der Waals surface area contributed by atoms with Crippen molar-refractivity contribution in [2.45, 2.75) is 54.6 Å². The number of amides is 3. The molecule has 0 radical (unpaired) electrons. The number of nitrogens with two attached hydrogens (primary N) is 1. The van der Waals surface area contributed by atoms with E-state index in [4.69, 9.17) is 5.73 Å². The number of carbonyl (C=O) groups is 2. The highest BCUT2D eigenvalue weighted by Gasteiger charge is 2.45. The molecule has 2 aromatic rings. The van der Waals surface area contributed by atoms with Gasteiger partial charge in [0.2, 0.25) is 0 Å². The van der Waals surface area contributed by atoms with Crippen LogP contribution in [0.1, 0.15) is 32.1 Å². The Bertz CT molecular complexity index is 1120. The van der Waals surface area contributed by atoms with Crippen molar-refractivity contribution in [2.75, 3.05) is 18.4 Å². The van der Waals surface area contributed by atoms with Crippen molar-refractivity contribution in [3.05, 3.63) is 46.3 Å². The molecular weight excluding hydrogens is 542 g/mol. The number of sulfonamides is 1. The van der Waals surface area contributed by atoms with E-state index in [1.54, 1.807) is 29.6 Å². The summed E-state index contributed by atoms with van der Waals surface area (Å²) in [7, 11) is -3.97. The smallest absolute Gasteiger partial charge is 0.323 e. The van der Waals surface area contributed by atoms with E-state index in [0.29, 0.717) is 12.1 Å². The molecule has 1 unspecified atom stereocenters. The van der Waals surface area contributed by atoms with E-state index in [9.17, 15) is 18.0 Å². The van der Waals surface area contributed by atoms with Crippen LogP contribution in [0.25, 0.3) is 0 Å². The van der Waals surface area contributed by atoms with Crippen LogP contribution < -0.4 is 16.4 Å². The highest BCUT2D eigenvalue weighted by molar-refractivity contribution is 9.10. The van der Waals surface area contributed by atoms with Crippen LogP contribution in [0.2, 0.25) is 0 Å². The number of thiophene rings is 1. The first-order valence-corrected chi connectivity index (χ1v) is 14.3. The molecular formula is C22H28BrN5O4S2. The molecule has 1 saturated carbocycles. The van der Waals surface area contributed by atoms with Gasteiger partial charge in [0.1, 0.15) is 4.21 Å². The third-order valence-corrected chi connectivity index (χ3v) is 9.81. The lowest BCUT2D eigenvalue weighted by Crippen LogP contribution is -2.64. The van der Waals surface area contributed by atoms with Gasteiger partial charge in [0.05, 0.1) is 0 Å². The molecule has 1 aliphatic carbocycles. The van der Waals surface area contributed by atoms with E-state index in [2.05, 4.69) is 26.6 Å². The van der Waals surface area contributed by atoms with Gasteiger partial charge >= 0.3 is 6.03 Å². The molecule has 2 heterocycles.